The zero-order valence-electron chi connectivity index (χ0n) is 9.08. The van der Waals surface area contributed by atoms with Crippen molar-refractivity contribution in [1.82, 2.24) is 5.32 Å². The standard InChI is InChI=1S/C10H13NO6/c1-5(12)11-4-6(13)9(14)7-2-3-8(17-7)10(15)16/h2-3,6,9,13-14H,4H2,1H3,(H,11,12)(H,15,16). The molecule has 0 radical (unpaired) electrons. The second-order valence-electron chi connectivity index (χ2n) is 3.46. The molecule has 1 rings (SSSR count). The lowest BCUT2D eigenvalue weighted by Gasteiger charge is -2.15. The summed E-state index contributed by atoms with van der Waals surface area (Å²) in [6.45, 7) is 1.12. The average molecular weight is 243 g/mol. The molecule has 0 spiro atoms. The van der Waals surface area contributed by atoms with Gasteiger partial charge in [0.25, 0.3) is 0 Å². The molecular formula is C10H13NO6. The summed E-state index contributed by atoms with van der Waals surface area (Å²) in [6.07, 6.45) is -2.67. The Morgan fingerprint density at radius 1 is 1.41 bits per heavy atom. The van der Waals surface area contributed by atoms with Gasteiger partial charge in [0.2, 0.25) is 11.7 Å². The molecule has 0 aromatic carbocycles. The molecule has 17 heavy (non-hydrogen) atoms. The van der Waals surface area contributed by atoms with Crippen LogP contribution in [0.1, 0.15) is 29.3 Å². The number of hydrogen-bond donors (Lipinski definition) is 4. The summed E-state index contributed by atoms with van der Waals surface area (Å²) in [7, 11) is 0. The lowest BCUT2D eigenvalue weighted by molar-refractivity contribution is -0.119. The molecule has 1 aromatic heterocycles. The van der Waals surface area contributed by atoms with Crippen molar-refractivity contribution in [3.8, 4) is 0 Å². The van der Waals surface area contributed by atoms with Crippen molar-refractivity contribution in [1.29, 1.82) is 0 Å². The summed E-state index contributed by atoms with van der Waals surface area (Å²) in [5, 5.41) is 30.0. The Hall–Kier alpha value is -1.86. The topological polar surface area (TPSA) is 120 Å². The quantitative estimate of drug-likeness (QED) is 0.553. The first-order chi connectivity index (χ1) is 7.91. The Kier molecular flexibility index (Phi) is 4.24. The maximum absolute atomic E-state index is 10.6. The number of amides is 1. The number of aliphatic hydroxyl groups excluding tert-OH is 2. The summed E-state index contributed by atoms with van der Waals surface area (Å²) >= 11 is 0. The van der Waals surface area contributed by atoms with Crippen molar-refractivity contribution in [2.24, 2.45) is 0 Å². The number of aliphatic hydroxyl groups is 2. The van der Waals surface area contributed by atoms with Crippen LogP contribution in [-0.4, -0.2) is 39.8 Å². The van der Waals surface area contributed by atoms with Gasteiger partial charge in [0, 0.05) is 13.5 Å². The van der Waals surface area contributed by atoms with Gasteiger partial charge in [0.15, 0.2) is 0 Å². The van der Waals surface area contributed by atoms with Crippen molar-refractivity contribution < 1.29 is 29.3 Å². The van der Waals surface area contributed by atoms with Gasteiger partial charge in [-0.25, -0.2) is 4.79 Å². The van der Waals surface area contributed by atoms with Crippen LogP contribution in [0.2, 0.25) is 0 Å². The van der Waals surface area contributed by atoms with E-state index in [0.29, 0.717) is 0 Å². The number of carboxylic acid groups (broad SMARTS) is 1. The fourth-order valence-corrected chi connectivity index (χ4v) is 1.18. The van der Waals surface area contributed by atoms with Crippen molar-refractivity contribution >= 4 is 11.9 Å². The highest BCUT2D eigenvalue weighted by molar-refractivity contribution is 5.84. The van der Waals surface area contributed by atoms with Gasteiger partial charge in [-0.05, 0) is 12.1 Å². The number of nitrogens with one attached hydrogen (secondary N) is 1. The first-order valence-corrected chi connectivity index (χ1v) is 4.85. The van der Waals surface area contributed by atoms with E-state index in [9.17, 15) is 19.8 Å². The minimum Gasteiger partial charge on any atom is -0.475 e. The van der Waals surface area contributed by atoms with Crippen LogP contribution in [0.3, 0.4) is 0 Å². The number of carboxylic acids is 1. The number of carbonyl (C=O) groups excluding carboxylic acids is 1. The Balaban J connectivity index is 2.64. The van der Waals surface area contributed by atoms with E-state index in [2.05, 4.69) is 5.32 Å². The summed E-state index contributed by atoms with van der Waals surface area (Å²) in [4.78, 5) is 21.1. The largest absolute Gasteiger partial charge is 0.475 e. The third kappa shape index (κ3) is 3.58. The molecule has 7 heteroatoms. The van der Waals surface area contributed by atoms with E-state index >= 15 is 0 Å². The maximum atomic E-state index is 10.6. The summed E-state index contributed by atoms with van der Waals surface area (Å²) in [5.41, 5.74) is 0. The molecule has 1 aromatic rings. The van der Waals surface area contributed by atoms with E-state index in [4.69, 9.17) is 9.52 Å². The van der Waals surface area contributed by atoms with E-state index < -0.39 is 18.2 Å². The van der Waals surface area contributed by atoms with E-state index in [1.165, 1.54) is 19.1 Å². The molecule has 7 nitrogen and oxygen atoms in total. The van der Waals surface area contributed by atoms with Crippen molar-refractivity contribution in [2.45, 2.75) is 19.1 Å². The van der Waals surface area contributed by atoms with Gasteiger partial charge in [-0.2, -0.15) is 0 Å². The SMILES string of the molecule is CC(=O)NCC(O)C(O)c1ccc(C(=O)O)o1. The lowest BCUT2D eigenvalue weighted by atomic mass is 10.1. The molecule has 2 atom stereocenters. The van der Waals surface area contributed by atoms with Crippen LogP contribution in [0.5, 0.6) is 0 Å². The molecular weight excluding hydrogens is 230 g/mol. The molecule has 0 bridgehead atoms. The minimum absolute atomic E-state index is 0.0692. The van der Waals surface area contributed by atoms with Crippen LogP contribution in [0, 0.1) is 0 Å². The van der Waals surface area contributed by atoms with E-state index in [1.807, 2.05) is 0 Å². The van der Waals surface area contributed by atoms with Crippen molar-refractivity contribution in [3.05, 3.63) is 23.7 Å². The molecule has 94 valence electrons. The van der Waals surface area contributed by atoms with Crippen LogP contribution in [0.4, 0.5) is 0 Å². The molecule has 0 aliphatic heterocycles. The predicted molar refractivity (Wildman–Crippen MR) is 55.3 cm³/mol. The van der Waals surface area contributed by atoms with E-state index in [0.717, 1.165) is 0 Å². The van der Waals surface area contributed by atoms with Crippen LogP contribution >= 0.6 is 0 Å². The van der Waals surface area contributed by atoms with Crippen molar-refractivity contribution in [3.63, 3.8) is 0 Å². The highest BCUT2D eigenvalue weighted by Crippen LogP contribution is 2.19. The Bertz CT molecular complexity index is 413. The van der Waals surface area contributed by atoms with Gasteiger partial charge in [-0.15, -0.1) is 0 Å². The van der Waals surface area contributed by atoms with Crippen molar-refractivity contribution in [2.75, 3.05) is 6.54 Å². The predicted octanol–water partition coefficient (Wildman–Crippen LogP) is -0.492. The first kappa shape index (κ1) is 13.2. The second-order valence-corrected chi connectivity index (χ2v) is 3.46. The Labute approximate surface area is 96.7 Å². The normalized spacial score (nSPS) is 14.1. The summed E-state index contributed by atoms with van der Waals surface area (Å²) in [5.74, 6) is -2.01. The van der Waals surface area contributed by atoms with Crippen LogP contribution in [0.25, 0.3) is 0 Å². The van der Waals surface area contributed by atoms with Gasteiger partial charge < -0.3 is 25.1 Å². The fourth-order valence-electron chi connectivity index (χ4n) is 1.18. The molecule has 0 aliphatic carbocycles. The Morgan fingerprint density at radius 3 is 2.53 bits per heavy atom. The third-order valence-electron chi connectivity index (χ3n) is 2.05. The van der Waals surface area contributed by atoms with Crippen LogP contribution in [-0.2, 0) is 4.79 Å². The smallest absolute Gasteiger partial charge is 0.371 e. The second kappa shape index (κ2) is 5.46. The van der Waals surface area contributed by atoms with Crippen LogP contribution in [0.15, 0.2) is 16.5 Å². The Morgan fingerprint density at radius 2 is 2.06 bits per heavy atom. The maximum Gasteiger partial charge on any atom is 0.371 e. The number of carbonyl (C=O) groups is 2. The zero-order chi connectivity index (χ0) is 13.0. The molecule has 0 saturated heterocycles. The molecule has 1 heterocycles. The van der Waals surface area contributed by atoms with Gasteiger partial charge in [-0.1, -0.05) is 0 Å². The molecule has 1 amide bonds. The summed E-state index contributed by atoms with van der Waals surface area (Å²) in [6, 6.07) is 2.43. The molecule has 0 aliphatic rings. The highest BCUT2D eigenvalue weighted by atomic mass is 16.4. The number of hydrogen-bond acceptors (Lipinski definition) is 5. The molecule has 0 fully saturated rings. The monoisotopic (exact) mass is 243 g/mol. The molecule has 2 unspecified atom stereocenters. The van der Waals surface area contributed by atoms with E-state index in [-0.39, 0.29) is 24.0 Å². The van der Waals surface area contributed by atoms with Gasteiger partial charge in [-0.3, -0.25) is 4.79 Å². The lowest BCUT2D eigenvalue weighted by Crippen LogP contribution is -2.34. The average Bonchev–Trinajstić information content (AvgIpc) is 2.73. The zero-order valence-corrected chi connectivity index (χ0v) is 9.08. The van der Waals surface area contributed by atoms with Gasteiger partial charge in [0.1, 0.15) is 18.0 Å². The molecule has 4 N–H and O–H groups in total. The molecule has 0 saturated carbocycles. The number of aromatic carboxylic acids is 1. The minimum atomic E-state index is -1.39. The first-order valence-electron chi connectivity index (χ1n) is 4.85. The fraction of sp³-hybridized carbons (Fsp3) is 0.400. The van der Waals surface area contributed by atoms with Gasteiger partial charge in [0.05, 0.1) is 0 Å². The number of rotatable bonds is 5. The number of furan rings is 1. The highest BCUT2D eigenvalue weighted by Gasteiger charge is 2.23. The van der Waals surface area contributed by atoms with Crippen LogP contribution < -0.4 is 5.32 Å². The van der Waals surface area contributed by atoms with E-state index in [1.54, 1.807) is 0 Å². The summed E-state index contributed by atoms with van der Waals surface area (Å²) < 4.78 is 4.81. The third-order valence-corrected chi connectivity index (χ3v) is 2.05. The van der Waals surface area contributed by atoms with Gasteiger partial charge >= 0.3 is 5.97 Å².